The van der Waals surface area contributed by atoms with E-state index in [-0.39, 0.29) is 6.42 Å². The molecule has 0 aliphatic carbocycles. The SMILES string of the molecule is O=C(O)CCc1ncc(-c2ccc(Cl)s2)o1. The number of hydrogen-bond acceptors (Lipinski definition) is 4. The molecule has 0 saturated heterocycles. The highest BCUT2D eigenvalue weighted by Crippen LogP contribution is 2.31. The van der Waals surface area contributed by atoms with Crippen LogP contribution >= 0.6 is 22.9 Å². The van der Waals surface area contributed by atoms with E-state index in [1.165, 1.54) is 11.3 Å². The van der Waals surface area contributed by atoms with Gasteiger partial charge in [-0.1, -0.05) is 11.6 Å². The second-order valence-corrected chi connectivity index (χ2v) is 4.83. The molecule has 6 heteroatoms. The van der Waals surface area contributed by atoms with Gasteiger partial charge in [-0.15, -0.1) is 11.3 Å². The molecule has 0 bridgehead atoms. The first-order valence-electron chi connectivity index (χ1n) is 4.57. The van der Waals surface area contributed by atoms with Crippen LogP contribution in [0.5, 0.6) is 0 Å². The van der Waals surface area contributed by atoms with Crippen LogP contribution < -0.4 is 0 Å². The van der Waals surface area contributed by atoms with Gasteiger partial charge in [0.15, 0.2) is 11.7 Å². The van der Waals surface area contributed by atoms with Gasteiger partial charge in [0.05, 0.1) is 21.8 Å². The standard InChI is InChI=1S/C10H8ClNO3S/c11-8-2-1-7(16-8)6-5-12-9(15-6)3-4-10(13)14/h1-2,5H,3-4H2,(H,13,14). The maximum absolute atomic E-state index is 10.4. The van der Waals surface area contributed by atoms with Crippen LogP contribution in [0.1, 0.15) is 12.3 Å². The van der Waals surface area contributed by atoms with E-state index in [4.69, 9.17) is 21.1 Å². The van der Waals surface area contributed by atoms with Crippen molar-refractivity contribution in [3.05, 3.63) is 28.6 Å². The molecule has 2 rings (SSSR count). The Bertz CT molecular complexity index is 506. The van der Waals surface area contributed by atoms with Gasteiger partial charge in [-0.25, -0.2) is 4.98 Å². The molecule has 2 aromatic rings. The quantitative estimate of drug-likeness (QED) is 0.914. The molecule has 4 nitrogen and oxygen atoms in total. The predicted octanol–water partition coefficient (Wildman–Crippen LogP) is 3.07. The van der Waals surface area contributed by atoms with Gasteiger partial charge in [-0.05, 0) is 12.1 Å². The van der Waals surface area contributed by atoms with Gasteiger partial charge in [0.2, 0.25) is 0 Å². The van der Waals surface area contributed by atoms with Crippen LogP contribution in [0.4, 0.5) is 0 Å². The van der Waals surface area contributed by atoms with Crippen LogP contribution in [0.2, 0.25) is 4.34 Å². The van der Waals surface area contributed by atoms with E-state index in [1.54, 1.807) is 12.3 Å². The van der Waals surface area contributed by atoms with Gasteiger partial charge in [0.1, 0.15) is 0 Å². The van der Waals surface area contributed by atoms with E-state index in [0.29, 0.717) is 22.4 Å². The first kappa shape index (κ1) is 11.2. The third-order valence-electron chi connectivity index (χ3n) is 1.92. The molecule has 0 saturated carbocycles. The number of carboxylic acid groups (broad SMARTS) is 1. The molecule has 84 valence electrons. The summed E-state index contributed by atoms with van der Waals surface area (Å²) in [6.45, 7) is 0. The maximum Gasteiger partial charge on any atom is 0.303 e. The van der Waals surface area contributed by atoms with Crippen LogP contribution in [-0.4, -0.2) is 16.1 Å². The van der Waals surface area contributed by atoms with E-state index in [1.807, 2.05) is 6.07 Å². The highest BCUT2D eigenvalue weighted by atomic mass is 35.5. The summed E-state index contributed by atoms with van der Waals surface area (Å²) in [7, 11) is 0. The number of thiophene rings is 1. The molecule has 2 heterocycles. The normalized spacial score (nSPS) is 10.6. The molecule has 0 unspecified atom stereocenters. The van der Waals surface area contributed by atoms with E-state index in [0.717, 1.165) is 4.88 Å². The number of aliphatic carboxylic acids is 1. The van der Waals surface area contributed by atoms with Crippen molar-refractivity contribution in [1.29, 1.82) is 0 Å². The highest BCUT2D eigenvalue weighted by Gasteiger charge is 2.09. The summed E-state index contributed by atoms with van der Waals surface area (Å²) < 4.78 is 6.09. The van der Waals surface area contributed by atoms with Gasteiger partial charge in [-0.3, -0.25) is 4.79 Å². The van der Waals surface area contributed by atoms with Crippen molar-refractivity contribution in [3.63, 3.8) is 0 Å². The number of aromatic nitrogens is 1. The number of carbonyl (C=O) groups is 1. The number of oxazole rings is 1. The monoisotopic (exact) mass is 257 g/mol. The van der Waals surface area contributed by atoms with Gasteiger partial charge >= 0.3 is 5.97 Å². The Balaban J connectivity index is 2.10. The number of halogens is 1. The first-order chi connectivity index (χ1) is 7.65. The van der Waals surface area contributed by atoms with Gasteiger partial charge < -0.3 is 9.52 Å². The summed E-state index contributed by atoms with van der Waals surface area (Å²) in [6.07, 6.45) is 1.90. The van der Waals surface area contributed by atoms with Crippen molar-refractivity contribution in [3.8, 4) is 10.6 Å². The fraction of sp³-hybridized carbons (Fsp3) is 0.200. The van der Waals surface area contributed by atoms with Gasteiger partial charge in [-0.2, -0.15) is 0 Å². The van der Waals surface area contributed by atoms with E-state index < -0.39 is 5.97 Å². The topological polar surface area (TPSA) is 63.3 Å². The zero-order valence-electron chi connectivity index (χ0n) is 8.14. The number of aryl methyl sites for hydroxylation is 1. The molecular weight excluding hydrogens is 250 g/mol. The highest BCUT2D eigenvalue weighted by molar-refractivity contribution is 7.19. The summed E-state index contributed by atoms with van der Waals surface area (Å²) in [6, 6.07) is 3.62. The average Bonchev–Trinajstić information content (AvgIpc) is 2.83. The minimum Gasteiger partial charge on any atom is -0.481 e. The van der Waals surface area contributed by atoms with Crippen LogP contribution in [0, 0.1) is 0 Å². The van der Waals surface area contributed by atoms with E-state index in [2.05, 4.69) is 4.98 Å². The Kier molecular flexibility index (Phi) is 3.26. The summed E-state index contributed by atoms with van der Waals surface area (Å²) >= 11 is 7.19. The lowest BCUT2D eigenvalue weighted by Crippen LogP contribution is -1.97. The summed E-state index contributed by atoms with van der Waals surface area (Å²) in [4.78, 5) is 15.3. The molecule has 2 aromatic heterocycles. The van der Waals surface area contributed by atoms with Crippen molar-refractivity contribution in [1.82, 2.24) is 4.98 Å². The van der Waals surface area contributed by atoms with Crippen LogP contribution in [0.15, 0.2) is 22.7 Å². The summed E-state index contributed by atoms with van der Waals surface area (Å²) in [5.74, 6) is 0.193. The fourth-order valence-electron chi connectivity index (χ4n) is 1.20. The number of hydrogen-bond donors (Lipinski definition) is 1. The van der Waals surface area contributed by atoms with Gasteiger partial charge in [0.25, 0.3) is 0 Å². The fourth-order valence-corrected chi connectivity index (χ4v) is 2.19. The Morgan fingerprint density at radius 2 is 2.38 bits per heavy atom. The van der Waals surface area contributed by atoms with E-state index >= 15 is 0 Å². The van der Waals surface area contributed by atoms with Crippen molar-refractivity contribution in [2.45, 2.75) is 12.8 Å². The largest absolute Gasteiger partial charge is 0.481 e. The third kappa shape index (κ3) is 2.62. The molecule has 0 aliphatic rings. The number of rotatable bonds is 4. The van der Waals surface area contributed by atoms with Crippen LogP contribution in [0.3, 0.4) is 0 Å². The van der Waals surface area contributed by atoms with Crippen molar-refractivity contribution in [2.75, 3.05) is 0 Å². The van der Waals surface area contributed by atoms with Crippen LogP contribution in [0.25, 0.3) is 10.6 Å². The average molecular weight is 258 g/mol. The maximum atomic E-state index is 10.4. The second kappa shape index (κ2) is 4.67. The van der Waals surface area contributed by atoms with Crippen molar-refractivity contribution in [2.24, 2.45) is 0 Å². The lowest BCUT2D eigenvalue weighted by Gasteiger charge is -1.91. The Labute approximate surface area is 100 Å². The Hall–Kier alpha value is -1.33. The number of nitrogens with zero attached hydrogens (tertiary/aromatic N) is 1. The molecule has 0 aromatic carbocycles. The smallest absolute Gasteiger partial charge is 0.303 e. The lowest BCUT2D eigenvalue weighted by molar-refractivity contribution is -0.137. The molecule has 0 fully saturated rings. The molecular formula is C10H8ClNO3S. The molecule has 1 N–H and O–H groups in total. The Morgan fingerprint density at radius 3 is 3.00 bits per heavy atom. The summed E-state index contributed by atoms with van der Waals surface area (Å²) in [5.41, 5.74) is 0. The second-order valence-electron chi connectivity index (χ2n) is 3.12. The zero-order chi connectivity index (χ0) is 11.5. The molecule has 0 aliphatic heterocycles. The lowest BCUT2D eigenvalue weighted by atomic mass is 10.3. The predicted molar refractivity (Wildman–Crippen MR) is 60.8 cm³/mol. The molecule has 0 amide bonds. The minimum absolute atomic E-state index is 0.0190. The zero-order valence-corrected chi connectivity index (χ0v) is 9.72. The van der Waals surface area contributed by atoms with Crippen LogP contribution in [-0.2, 0) is 11.2 Å². The van der Waals surface area contributed by atoms with Crippen molar-refractivity contribution < 1.29 is 14.3 Å². The van der Waals surface area contributed by atoms with Gasteiger partial charge in [0, 0.05) is 6.42 Å². The molecule has 0 spiro atoms. The number of carboxylic acids is 1. The summed E-state index contributed by atoms with van der Waals surface area (Å²) in [5, 5.41) is 8.52. The molecule has 0 radical (unpaired) electrons. The first-order valence-corrected chi connectivity index (χ1v) is 5.77. The van der Waals surface area contributed by atoms with Crippen molar-refractivity contribution >= 4 is 28.9 Å². The van der Waals surface area contributed by atoms with E-state index in [9.17, 15) is 4.79 Å². The Morgan fingerprint density at radius 1 is 1.56 bits per heavy atom. The molecule has 16 heavy (non-hydrogen) atoms. The minimum atomic E-state index is -0.862. The third-order valence-corrected chi connectivity index (χ3v) is 3.17. The molecule has 0 atom stereocenters.